The first-order chi connectivity index (χ1) is 10.9. The molecule has 1 N–H and O–H groups in total. The molecule has 0 aliphatic heterocycles. The van der Waals surface area contributed by atoms with Crippen molar-refractivity contribution in [3.8, 4) is 0 Å². The second-order valence-corrected chi connectivity index (χ2v) is 7.37. The third-order valence-electron chi connectivity index (χ3n) is 4.31. The van der Waals surface area contributed by atoms with E-state index in [0.717, 1.165) is 18.5 Å². The molecule has 0 radical (unpaired) electrons. The van der Waals surface area contributed by atoms with E-state index in [9.17, 15) is 4.79 Å². The minimum atomic E-state index is -0.000142. The van der Waals surface area contributed by atoms with Crippen molar-refractivity contribution < 1.29 is 4.79 Å². The molecule has 1 atom stereocenters. The molecule has 0 saturated carbocycles. The molecule has 1 rings (SSSR count). The van der Waals surface area contributed by atoms with Gasteiger partial charge in [-0.15, -0.1) is 0 Å². The predicted octanol–water partition coefficient (Wildman–Crippen LogP) is 5.33. The Morgan fingerprint density at radius 3 is 2.35 bits per heavy atom. The molecule has 128 valence electrons. The summed E-state index contributed by atoms with van der Waals surface area (Å²) < 4.78 is 0. The number of rotatable bonds is 8. The van der Waals surface area contributed by atoms with Crippen molar-refractivity contribution in [3.05, 3.63) is 41.5 Å². The highest BCUT2D eigenvalue weighted by molar-refractivity contribution is 5.91. The fraction of sp³-hybridized carbons (Fsp3) is 0.571. The molecular formula is C21H33NO. The van der Waals surface area contributed by atoms with Gasteiger partial charge in [-0.25, -0.2) is 0 Å². The Morgan fingerprint density at radius 1 is 1.17 bits per heavy atom. The van der Waals surface area contributed by atoms with Gasteiger partial charge >= 0.3 is 0 Å². The second kappa shape index (κ2) is 9.54. The fourth-order valence-electron chi connectivity index (χ4n) is 2.51. The molecule has 0 unspecified atom stereocenters. The van der Waals surface area contributed by atoms with Crippen LogP contribution < -0.4 is 5.32 Å². The topological polar surface area (TPSA) is 29.1 Å². The van der Waals surface area contributed by atoms with E-state index in [1.807, 2.05) is 6.08 Å². The highest BCUT2D eigenvalue weighted by atomic mass is 16.1. The van der Waals surface area contributed by atoms with Gasteiger partial charge in [0.1, 0.15) is 0 Å². The summed E-state index contributed by atoms with van der Waals surface area (Å²) in [6.45, 7) is 11.8. The third kappa shape index (κ3) is 7.49. The summed E-state index contributed by atoms with van der Waals surface area (Å²) >= 11 is 0. The molecule has 0 heterocycles. The van der Waals surface area contributed by atoms with E-state index in [0.29, 0.717) is 5.92 Å². The quantitative estimate of drug-likeness (QED) is 0.645. The summed E-state index contributed by atoms with van der Waals surface area (Å²) in [6, 6.07) is 8.41. The van der Waals surface area contributed by atoms with Crippen LogP contribution in [0.5, 0.6) is 0 Å². The van der Waals surface area contributed by atoms with Crippen molar-refractivity contribution in [1.29, 1.82) is 0 Å². The Labute approximate surface area is 142 Å². The van der Waals surface area contributed by atoms with Gasteiger partial charge in [0, 0.05) is 12.6 Å². The monoisotopic (exact) mass is 315 g/mol. The van der Waals surface area contributed by atoms with E-state index in [4.69, 9.17) is 0 Å². The van der Waals surface area contributed by atoms with Gasteiger partial charge in [0.05, 0.1) is 0 Å². The normalized spacial score (nSPS) is 13.3. The zero-order valence-corrected chi connectivity index (χ0v) is 15.5. The predicted molar refractivity (Wildman–Crippen MR) is 100 cm³/mol. The third-order valence-corrected chi connectivity index (χ3v) is 4.31. The first kappa shape index (κ1) is 19.5. The van der Waals surface area contributed by atoms with Crippen molar-refractivity contribution in [2.24, 2.45) is 5.92 Å². The maximum absolute atomic E-state index is 11.9. The van der Waals surface area contributed by atoms with E-state index in [-0.39, 0.29) is 11.3 Å². The molecule has 1 amide bonds. The van der Waals surface area contributed by atoms with Crippen LogP contribution >= 0.6 is 0 Å². The minimum absolute atomic E-state index is 0.000142. The zero-order valence-electron chi connectivity index (χ0n) is 15.5. The molecule has 1 aromatic carbocycles. The summed E-state index contributed by atoms with van der Waals surface area (Å²) in [4.78, 5) is 11.9. The fourth-order valence-corrected chi connectivity index (χ4v) is 2.51. The van der Waals surface area contributed by atoms with Crippen LogP contribution in [-0.4, -0.2) is 12.5 Å². The van der Waals surface area contributed by atoms with E-state index in [2.05, 4.69) is 64.2 Å². The lowest BCUT2D eigenvalue weighted by Gasteiger charge is -2.18. The Kier molecular flexibility index (Phi) is 8.08. The number of unbranched alkanes of at least 4 members (excludes halogenated alkanes) is 1. The largest absolute Gasteiger partial charge is 0.352 e. The number of carbonyl (C=O) groups excluding carboxylic acids is 1. The Balaban J connectivity index is 2.48. The molecule has 0 saturated heterocycles. The molecule has 1 aromatic rings. The lowest BCUT2D eigenvalue weighted by molar-refractivity contribution is -0.116. The number of nitrogens with one attached hydrogen (secondary N) is 1. The van der Waals surface area contributed by atoms with Crippen molar-refractivity contribution >= 4 is 12.0 Å². The van der Waals surface area contributed by atoms with Crippen LogP contribution in [0.1, 0.15) is 71.4 Å². The summed E-state index contributed by atoms with van der Waals surface area (Å²) in [6.07, 6.45) is 8.30. The van der Waals surface area contributed by atoms with Gasteiger partial charge in [-0.3, -0.25) is 4.79 Å². The van der Waals surface area contributed by atoms with Crippen LogP contribution in [0.3, 0.4) is 0 Å². The zero-order chi connectivity index (χ0) is 17.3. The standard InChI is InChI=1S/C21H33NO/c1-6-8-9-17(7-2)16-22-20(23)15-12-18-10-13-19(14-11-18)21(3,4)5/h10-15,17H,6-9,16H2,1-5H3,(H,22,23)/b15-12+/t17-/m0/s1. The van der Waals surface area contributed by atoms with E-state index >= 15 is 0 Å². The average molecular weight is 316 g/mol. The maximum Gasteiger partial charge on any atom is 0.244 e. The van der Waals surface area contributed by atoms with Crippen LogP contribution in [0.4, 0.5) is 0 Å². The van der Waals surface area contributed by atoms with Crippen LogP contribution in [-0.2, 0) is 10.2 Å². The highest BCUT2D eigenvalue weighted by Gasteiger charge is 2.12. The van der Waals surface area contributed by atoms with Crippen molar-refractivity contribution in [2.75, 3.05) is 6.54 Å². The number of carbonyl (C=O) groups is 1. The Bertz CT molecular complexity index is 494. The molecule has 0 bridgehead atoms. The Morgan fingerprint density at radius 2 is 1.83 bits per heavy atom. The van der Waals surface area contributed by atoms with Gasteiger partial charge in [-0.1, -0.05) is 78.1 Å². The van der Waals surface area contributed by atoms with E-state index < -0.39 is 0 Å². The van der Waals surface area contributed by atoms with Crippen molar-refractivity contribution in [3.63, 3.8) is 0 Å². The van der Waals surface area contributed by atoms with Gasteiger partial charge < -0.3 is 5.32 Å². The van der Waals surface area contributed by atoms with Gasteiger partial charge in [-0.05, 0) is 35.0 Å². The maximum atomic E-state index is 11.9. The summed E-state index contributed by atoms with van der Waals surface area (Å²) in [5, 5.41) is 3.02. The first-order valence-corrected chi connectivity index (χ1v) is 8.93. The molecule has 2 nitrogen and oxygen atoms in total. The van der Waals surface area contributed by atoms with Crippen LogP contribution in [0.15, 0.2) is 30.3 Å². The SMILES string of the molecule is CCCC[C@H](CC)CNC(=O)/C=C/c1ccc(C(C)(C)C)cc1. The van der Waals surface area contributed by atoms with Gasteiger partial charge in [0.25, 0.3) is 0 Å². The first-order valence-electron chi connectivity index (χ1n) is 8.93. The average Bonchev–Trinajstić information content (AvgIpc) is 2.52. The van der Waals surface area contributed by atoms with Gasteiger partial charge in [0.15, 0.2) is 0 Å². The lowest BCUT2D eigenvalue weighted by atomic mass is 9.87. The minimum Gasteiger partial charge on any atom is -0.352 e. The molecule has 23 heavy (non-hydrogen) atoms. The van der Waals surface area contributed by atoms with Crippen molar-refractivity contribution in [1.82, 2.24) is 5.32 Å². The van der Waals surface area contributed by atoms with Crippen LogP contribution in [0, 0.1) is 5.92 Å². The number of benzene rings is 1. The molecule has 0 aliphatic rings. The molecular weight excluding hydrogens is 282 g/mol. The molecule has 2 heteroatoms. The molecule has 0 fully saturated rings. The van der Waals surface area contributed by atoms with Crippen LogP contribution in [0.2, 0.25) is 0 Å². The summed E-state index contributed by atoms with van der Waals surface area (Å²) in [5.74, 6) is 0.596. The number of hydrogen-bond acceptors (Lipinski definition) is 1. The van der Waals surface area contributed by atoms with Crippen molar-refractivity contribution in [2.45, 2.75) is 65.7 Å². The summed E-state index contributed by atoms with van der Waals surface area (Å²) in [7, 11) is 0. The highest BCUT2D eigenvalue weighted by Crippen LogP contribution is 2.22. The van der Waals surface area contributed by atoms with Gasteiger partial charge in [-0.2, -0.15) is 0 Å². The molecule has 0 aromatic heterocycles. The summed E-state index contributed by atoms with van der Waals surface area (Å²) in [5.41, 5.74) is 2.53. The van der Waals surface area contributed by atoms with E-state index in [1.54, 1.807) is 6.08 Å². The smallest absolute Gasteiger partial charge is 0.244 e. The molecule has 0 spiro atoms. The molecule has 0 aliphatic carbocycles. The second-order valence-electron chi connectivity index (χ2n) is 7.37. The van der Waals surface area contributed by atoms with E-state index in [1.165, 1.54) is 24.8 Å². The van der Waals surface area contributed by atoms with Gasteiger partial charge in [0.2, 0.25) is 5.91 Å². The number of hydrogen-bond donors (Lipinski definition) is 1. The Hall–Kier alpha value is -1.57. The lowest BCUT2D eigenvalue weighted by Crippen LogP contribution is -2.27. The number of amides is 1. The van der Waals surface area contributed by atoms with Crippen LogP contribution in [0.25, 0.3) is 6.08 Å².